The summed E-state index contributed by atoms with van der Waals surface area (Å²) in [5.41, 5.74) is 12.0. The maximum atomic E-state index is 6.46. The van der Waals surface area contributed by atoms with Crippen LogP contribution in [-0.4, -0.2) is 14.2 Å². The molecule has 0 amide bonds. The Hall–Kier alpha value is -2.00. The fourth-order valence-electron chi connectivity index (χ4n) is 2.64. The van der Waals surface area contributed by atoms with Gasteiger partial charge in [0.05, 0.1) is 20.3 Å². The molecule has 3 heteroatoms. The number of hydrogen-bond donors (Lipinski definition) is 1. The molecule has 0 fully saturated rings. The molecule has 2 rings (SSSR count). The van der Waals surface area contributed by atoms with Crippen LogP contribution in [-0.2, 0) is 0 Å². The summed E-state index contributed by atoms with van der Waals surface area (Å²) in [6.07, 6.45) is 0. The highest BCUT2D eigenvalue weighted by molar-refractivity contribution is 5.47. The van der Waals surface area contributed by atoms with Crippen LogP contribution in [0, 0.1) is 20.8 Å². The maximum absolute atomic E-state index is 6.46. The molecule has 1 unspecified atom stereocenters. The zero-order chi connectivity index (χ0) is 15.6. The van der Waals surface area contributed by atoms with Crippen molar-refractivity contribution in [1.82, 2.24) is 0 Å². The average Bonchev–Trinajstić information content (AvgIpc) is 2.48. The van der Waals surface area contributed by atoms with Gasteiger partial charge in [0.25, 0.3) is 0 Å². The van der Waals surface area contributed by atoms with Crippen molar-refractivity contribution in [2.45, 2.75) is 26.8 Å². The third kappa shape index (κ3) is 3.03. The van der Waals surface area contributed by atoms with E-state index in [2.05, 4.69) is 19.1 Å². The largest absolute Gasteiger partial charge is 0.496 e. The molecular formula is C18H23NO2. The zero-order valence-corrected chi connectivity index (χ0v) is 13.4. The minimum atomic E-state index is -0.154. The van der Waals surface area contributed by atoms with Crippen LogP contribution in [0.15, 0.2) is 30.3 Å². The van der Waals surface area contributed by atoms with Crippen LogP contribution in [0.3, 0.4) is 0 Å². The molecule has 0 radical (unpaired) electrons. The predicted molar refractivity (Wildman–Crippen MR) is 86.2 cm³/mol. The lowest BCUT2D eigenvalue weighted by molar-refractivity contribution is 0.411. The Morgan fingerprint density at radius 1 is 0.810 bits per heavy atom. The minimum Gasteiger partial charge on any atom is -0.496 e. The quantitative estimate of drug-likeness (QED) is 0.932. The van der Waals surface area contributed by atoms with Gasteiger partial charge >= 0.3 is 0 Å². The van der Waals surface area contributed by atoms with Crippen molar-refractivity contribution in [1.29, 1.82) is 0 Å². The molecule has 0 bridgehead atoms. The summed E-state index contributed by atoms with van der Waals surface area (Å²) in [6, 6.07) is 10.1. The van der Waals surface area contributed by atoms with Crippen LogP contribution < -0.4 is 15.2 Å². The molecule has 112 valence electrons. The molecule has 0 aliphatic carbocycles. The Morgan fingerprint density at radius 2 is 1.43 bits per heavy atom. The summed E-state index contributed by atoms with van der Waals surface area (Å²) < 4.78 is 10.7. The second-order valence-corrected chi connectivity index (χ2v) is 5.39. The van der Waals surface area contributed by atoms with Crippen molar-refractivity contribution in [2.75, 3.05) is 14.2 Å². The molecule has 3 nitrogen and oxygen atoms in total. The van der Waals surface area contributed by atoms with Crippen molar-refractivity contribution >= 4 is 0 Å². The Balaban J connectivity index is 2.42. The van der Waals surface area contributed by atoms with E-state index in [0.29, 0.717) is 0 Å². The number of aryl methyl sites for hydroxylation is 3. The number of rotatable bonds is 4. The molecular weight excluding hydrogens is 262 g/mol. The van der Waals surface area contributed by atoms with Crippen LogP contribution in [0.1, 0.15) is 33.9 Å². The van der Waals surface area contributed by atoms with Crippen LogP contribution in [0.5, 0.6) is 11.5 Å². The standard InChI is InChI=1S/C18H23NO2/c1-11-10-17(21-5)13(3)9-15(11)18(19)14-6-7-16(20-4)12(2)8-14/h6-10,18H,19H2,1-5H3. The first-order valence-corrected chi connectivity index (χ1v) is 7.03. The molecule has 0 aromatic heterocycles. The first-order chi connectivity index (χ1) is 9.97. The zero-order valence-electron chi connectivity index (χ0n) is 13.4. The fraction of sp³-hybridized carbons (Fsp3) is 0.333. The number of methoxy groups -OCH3 is 2. The van der Waals surface area contributed by atoms with E-state index in [-0.39, 0.29) is 6.04 Å². The van der Waals surface area contributed by atoms with Gasteiger partial charge < -0.3 is 15.2 Å². The Kier molecular flexibility index (Phi) is 4.53. The lowest BCUT2D eigenvalue weighted by Gasteiger charge is -2.19. The van der Waals surface area contributed by atoms with Gasteiger partial charge in [-0.25, -0.2) is 0 Å². The van der Waals surface area contributed by atoms with Gasteiger partial charge in [0.1, 0.15) is 11.5 Å². The third-order valence-electron chi connectivity index (χ3n) is 3.90. The van der Waals surface area contributed by atoms with Crippen LogP contribution in [0.2, 0.25) is 0 Å². The van der Waals surface area contributed by atoms with Gasteiger partial charge in [0, 0.05) is 0 Å². The predicted octanol–water partition coefficient (Wildman–Crippen LogP) is 3.68. The highest BCUT2D eigenvalue weighted by Gasteiger charge is 2.15. The summed E-state index contributed by atoms with van der Waals surface area (Å²) in [7, 11) is 3.37. The molecule has 0 spiro atoms. The molecule has 2 N–H and O–H groups in total. The number of nitrogens with two attached hydrogens (primary N) is 1. The van der Waals surface area contributed by atoms with Crippen molar-refractivity contribution < 1.29 is 9.47 Å². The van der Waals surface area contributed by atoms with E-state index >= 15 is 0 Å². The molecule has 0 saturated carbocycles. The second-order valence-electron chi connectivity index (χ2n) is 5.39. The smallest absolute Gasteiger partial charge is 0.122 e. The fourth-order valence-corrected chi connectivity index (χ4v) is 2.64. The average molecular weight is 285 g/mol. The Morgan fingerprint density at radius 3 is 2.00 bits per heavy atom. The van der Waals surface area contributed by atoms with Crippen molar-refractivity contribution in [3.63, 3.8) is 0 Å². The first kappa shape index (κ1) is 15.4. The normalized spacial score (nSPS) is 12.1. The second kappa shape index (κ2) is 6.19. The van der Waals surface area contributed by atoms with Crippen molar-refractivity contribution in [3.05, 3.63) is 58.1 Å². The van der Waals surface area contributed by atoms with E-state index in [0.717, 1.165) is 39.3 Å². The number of ether oxygens (including phenoxy) is 2. The van der Waals surface area contributed by atoms with Gasteiger partial charge in [-0.2, -0.15) is 0 Å². The van der Waals surface area contributed by atoms with E-state index in [9.17, 15) is 0 Å². The van der Waals surface area contributed by atoms with Gasteiger partial charge in [-0.15, -0.1) is 0 Å². The molecule has 2 aromatic carbocycles. The minimum absolute atomic E-state index is 0.154. The van der Waals surface area contributed by atoms with E-state index in [1.807, 2.05) is 32.0 Å². The molecule has 0 aliphatic rings. The molecule has 0 heterocycles. The Bertz CT molecular complexity index is 650. The van der Waals surface area contributed by atoms with Crippen LogP contribution in [0.25, 0.3) is 0 Å². The van der Waals surface area contributed by atoms with Crippen molar-refractivity contribution in [2.24, 2.45) is 5.73 Å². The highest BCUT2D eigenvalue weighted by atomic mass is 16.5. The molecule has 2 aromatic rings. The van der Waals surface area contributed by atoms with E-state index < -0.39 is 0 Å². The van der Waals surface area contributed by atoms with Gasteiger partial charge in [-0.3, -0.25) is 0 Å². The number of benzene rings is 2. The first-order valence-electron chi connectivity index (χ1n) is 7.03. The van der Waals surface area contributed by atoms with Gasteiger partial charge in [0.15, 0.2) is 0 Å². The third-order valence-corrected chi connectivity index (χ3v) is 3.90. The van der Waals surface area contributed by atoms with Gasteiger partial charge in [0.2, 0.25) is 0 Å². The lowest BCUT2D eigenvalue weighted by Crippen LogP contribution is -2.14. The van der Waals surface area contributed by atoms with Crippen molar-refractivity contribution in [3.8, 4) is 11.5 Å². The lowest BCUT2D eigenvalue weighted by atomic mass is 9.93. The summed E-state index contributed by atoms with van der Waals surface area (Å²) in [5, 5.41) is 0. The maximum Gasteiger partial charge on any atom is 0.122 e. The van der Waals surface area contributed by atoms with Gasteiger partial charge in [-0.05, 0) is 60.7 Å². The SMILES string of the molecule is COc1ccc(C(N)c2cc(C)c(OC)cc2C)cc1C. The topological polar surface area (TPSA) is 44.5 Å². The van der Waals surface area contributed by atoms with Gasteiger partial charge in [-0.1, -0.05) is 18.2 Å². The summed E-state index contributed by atoms with van der Waals surface area (Å²) in [5.74, 6) is 1.78. The summed E-state index contributed by atoms with van der Waals surface area (Å²) >= 11 is 0. The van der Waals surface area contributed by atoms with E-state index in [4.69, 9.17) is 15.2 Å². The summed E-state index contributed by atoms with van der Waals surface area (Å²) in [4.78, 5) is 0. The highest BCUT2D eigenvalue weighted by Crippen LogP contribution is 2.30. The van der Waals surface area contributed by atoms with E-state index in [1.54, 1.807) is 14.2 Å². The summed E-state index contributed by atoms with van der Waals surface area (Å²) in [6.45, 7) is 6.13. The molecule has 1 atom stereocenters. The number of hydrogen-bond acceptors (Lipinski definition) is 3. The van der Waals surface area contributed by atoms with Crippen LogP contribution in [0.4, 0.5) is 0 Å². The monoisotopic (exact) mass is 285 g/mol. The molecule has 21 heavy (non-hydrogen) atoms. The Labute approximate surface area is 126 Å². The molecule has 0 aliphatic heterocycles. The van der Waals surface area contributed by atoms with E-state index in [1.165, 1.54) is 0 Å². The van der Waals surface area contributed by atoms with Crippen LogP contribution >= 0.6 is 0 Å². The molecule has 0 saturated heterocycles.